The van der Waals surface area contributed by atoms with Gasteiger partial charge in [0.15, 0.2) is 0 Å². The predicted molar refractivity (Wildman–Crippen MR) is 138 cm³/mol. The highest BCUT2D eigenvalue weighted by molar-refractivity contribution is 7.89. The van der Waals surface area contributed by atoms with E-state index in [9.17, 15) is 8.42 Å². The Labute approximate surface area is 211 Å². The Hall–Kier alpha value is -3.01. The van der Waals surface area contributed by atoms with Crippen LogP contribution in [0.5, 0.6) is 0 Å². The zero-order valence-electron chi connectivity index (χ0n) is 20.2. The Bertz CT molecular complexity index is 1430. The number of aromatic nitrogens is 4. The third kappa shape index (κ3) is 4.58. The zero-order chi connectivity index (χ0) is 24.5. The van der Waals surface area contributed by atoms with Crippen LogP contribution in [-0.4, -0.2) is 51.8 Å². The lowest BCUT2D eigenvalue weighted by atomic mass is 9.98. The van der Waals surface area contributed by atoms with E-state index in [2.05, 4.69) is 39.0 Å². The van der Waals surface area contributed by atoms with Crippen molar-refractivity contribution < 1.29 is 13.2 Å². The number of benzene rings is 2. The number of rotatable bonds is 6. The lowest BCUT2D eigenvalue weighted by Gasteiger charge is -2.31. The Morgan fingerprint density at radius 2 is 1.81 bits per heavy atom. The standard InChI is InChI=1S/C27H31N5O3S/c33-36(34,24-6-2-1-3-7-24)31-13-11-21(12-14-31)18-30-20-28-25-16-22(9-10-26(25)30)23-17-29-32(19-23)27-8-4-5-15-35-27/h1-3,6-7,9-10,16-17,19-21,27H,4-5,8,11-15,18H2. The van der Waals surface area contributed by atoms with E-state index in [1.54, 1.807) is 28.6 Å². The fraction of sp³-hybridized carbons (Fsp3) is 0.407. The Morgan fingerprint density at radius 3 is 2.58 bits per heavy atom. The summed E-state index contributed by atoms with van der Waals surface area (Å²) in [4.78, 5) is 5.04. The molecule has 2 saturated heterocycles. The minimum Gasteiger partial charge on any atom is -0.357 e. The van der Waals surface area contributed by atoms with Gasteiger partial charge in [-0.1, -0.05) is 24.3 Å². The number of sulfonamides is 1. The smallest absolute Gasteiger partial charge is 0.243 e. The number of piperidine rings is 1. The first-order valence-corrected chi connectivity index (χ1v) is 14.2. The maximum atomic E-state index is 12.9. The molecule has 0 aliphatic carbocycles. The van der Waals surface area contributed by atoms with Crippen LogP contribution in [0.15, 0.2) is 72.1 Å². The molecule has 2 aliphatic heterocycles. The fourth-order valence-electron chi connectivity index (χ4n) is 5.32. The lowest BCUT2D eigenvalue weighted by Crippen LogP contribution is -2.39. The van der Waals surface area contributed by atoms with Crippen molar-refractivity contribution in [1.82, 2.24) is 23.6 Å². The highest BCUT2D eigenvalue weighted by Gasteiger charge is 2.29. The zero-order valence-corrected chi connectivity index (χ0v) is 21.1. The van der Waals surface area contributed by atoms with Crippen molar-refractivity contribution >= 4 is 21.1 Å². The van der Waals surface area contributed by atoms with Gasteiger partial charge in [0.05, 0.1) is 28.5 Å². The molecule has 2 aromatic carbocycles. The Morgan fingerprint density at radius 1 is 0.972 bits per heavy atom. The Kier molecular flexibility index (Phi) is 6.37. The maximum Gasteiger partial charge on any atom is 0.243 e. The van der Waals surface area contributed by atoms with Crippen LogP contribution in [0.4, 0.5) is 0 Å². The molecule has 2 aromatic heterocycles. The van der Waals surface area contributed by atoms with Crippen molar-refractivity contribution in [2.75, 3.05) is 19.7 Å². The first-order chi connectivity index (χ1) is 17.6. The summed E-state index contributed by atoms with van der Waals surface area (Å²) >= 11 is 0. The van der Waals surface area contributed by atoms with Crippen molar-refractivity contribution in [1.29, 1.82) is 0 Å². The van der Waals surface area contributed by atoms with E-state index in [0.717, 1.165) is 61.0 Å². The summed E-state index contributed by atoms with van der Waals surface area (Å²) in [6.07, 6.45) is 10.9. The quantitative estimate of drug-likeness (QED) is 0.379. The summed E-state index contributed by atoms with van der Waals surface area (Å²) in [5, 5.41) is 4.54. The molecule has 2 aliphatic rings. The van der Waals surface area contributed by atoms with Crippen LogP contribution in [0.1, 0.15) is 38.3 Å². The monoisotopic (exact) mass is 505 g/mol. The largest absolute Gasteiger partial charge is 0.357 e. The molecular weight excluding hydrogens is 474 g/mol. The molecule has 9 heteroatoms. The van der Waals surface area contributed by atoms with Gasteiger partial charge in [-0.2, -0.15) is 9.40 Å². The minimum atomic E-state index is -3.42. The predicted octanol–water partition coefficient (Wildman–Crippen LogP) is 4.70. The summed E-state index contributed by atoms with van der Waals surface area (Å²) < 4.78 is 37.5. The van der Waals surface area contributed by atoms with E-state index in [-0.39, 0.29) is 6.23 Å². The van der Waals surface area contributed by atoms with Crippen molar-refractivity contribution in [3.05, 3.63) is 67.3 Å². The van der Waals surface area contributed by atoms with Crippen molar-refractivity contribution in [3.8, 4) is 11.1 Å². The van der Waals surface area contributed by atoms with E-state index in [1.807, 2.05) is 23.3 Å². The van der Waals surface area contributed by atoms with E-state index in [0.29, 0.717) is 23.9 Å². The maximum absolute atomic E-state index is 12.9. The summed E-state index contributed by atoms with van der Waals surface area (Å²) in [5.41, 5.74) is 4.21. The number of imidazole rings is 1. The van der Waals surface area contributed by atoms with Crippen LogP contribution in [0, 0.1) is 5.92 Å². The van der Waals surface area contributed by atoms with E-state index >= 15 is 0 Å². The second-order valence-corrected chi connectivity index (χ2v) is 11.7. The van der Waals surface area contributed by atoms with Crippen molar-refractivity contribution in [2.24, 2.45) is 5.92 Å². The van der Waals surface area contributed by atoms with E-state index < -0.39 is 10.0 Å². The van der Waals surface area contributed by atoms with Gasteiger partial charge in [-0.05, 0) is 67.9 Å². The molecule has 0 radical (unpaired) electrons. The Balaban J connectivity index is 1.12. The van der Waals surface area contributed by atoms with Crippen molar-refractivity contribution in [2.45, 2.75) is 49.8 Å². The van der Waals surface area contributed by atoms with Gasteiger partial charge in [0.1, 0.15) is 6.23 Å². The molecule has 1 unspecified atom stereocenters. The molecule has 0 N–H and O–H groups in total. The fourth-order valence-corrected chi connectivity index (χ4v) is 6.81. The van der Waals surface area contributed by atoms with Gasteiger partial charge in [0.25, 0.3) is 0 Å². The molecule has 36 heavy (non-hydrogen) atoms. The number of nitrogens with zero attached hydrogens (tertiary/aromatic N) is 5. The lowest BCUT2D eigenvalue weighted by molar-refractivity contribution is -0.0394. The highest BCUT2D eigenvalue weighted by Crippen LogP contribution is 2.29. The second kappa shape index (κ2) is 9.80. The third-order valence-corrected chi connectivity index (χ3v) is 9.33. The van der Waals surface area contributed by atoms with Gasteiger partial charge >= 0.3 is 0 Å². The van der Waals surface area contributed by atoms with E-state index in [1.165, 1.54) is 6.42 Å². The van der Waals surface area contributed by atoms with Crippen LogP contribution in [0.3, 0.4) is 0 Å². The van der Waals surface area contributed by atoms with Crippen LogP contribution in [-0.2, 0) is 21.3 Å². The number of ether oxygens (including phenoxy) is 1. The van der Waals surface area contributed by atoms with Crippen molar-refractivity contribution in [3.63, 3.8) is 0 Å². The summed E-state index contributed by atoms with van der Waals surface area (Å²) in [7, 11) is -3.42. The molecule has 0 spiro atoms. The first kappa shape index (κ1) is 23.4. The van der Waals surface area contributed by atoms with Crippen LogP contribution >= 0.6 is 0 Å². The minimum absolute atomic E-state index is 0.0320. The SMILES string of the molecule is O=S(=O)(c1ccccc1)N1CCC(Cn2cnc3cc(-c4cnn(C5CCCCO5)c4)ccc32)CC1. The average Bonchev–Trinajstić information content (AvgIpc) is 3.58. The molecule has 0 saturated carbocycles. The van der Waals surface area contributed by atoms with Gasteiger partial charge in [0, 0.05) is 38.0 Å². The average molecular weight is 506 g/mol. The molecule has 4 heterocycles. The molecule has 0 bridgehead atoms. The molecule has 2 fully saturated rings. The molecule has 4 aromatic rings. The first-order valence-electron chi connectivity index (χ1n) is 12.7. The van der Waals surface area contributed by atoms with Gasteiger partial charge in [-0.15, -0.1) is 0 Å². The number of hydrogen-bond donors (Lipinski definition) is 0. The van der Waals surface area contributed by atoms with Gasteiger partial charge in [0.2, 0.25) is 10.0 Å². The highest BCUT2D eigenvalue weighted by atomic mass is 32.2. The molecule has 0 amide bonds. The molecule has 6 rings (SSSR count). The van der Waals surface area contributed by atoms with Gasteiger partial charge < -0.3 is 9.30 Å². The van der Waals surface area contributed by atoms with E-state index in [4.69, 9.17) is 4.74 Å². The molecule has 1 atom stereocenters. The number of fused-ring (bicyclic) bond motifs is 1. The number of hydrogen-bond acceptors (Lipinski definition) is 5. The third-order valence-electron chi connectivity index (χ3n) is 7.42. The van der Waals surface area contributed by atoms with Crippen LogP contribution < -0.4 is 0 Å². The topological polar surface area (TPSA) is 82.3 Å². The summed E-state index contributed by atoms with van der Waals surface area (Å²) in [6, 6.07) is 15.1. The molecular formula is C27H31N5O3S. The van der Waals surface area contributed by atoms with Gasteiger partial charge in [-0.3, -0.25) is 0 Å². The van der Waals surface area contributed by atoms with Crippen LogP contribution in [0.2, 0.25) is 0 Å². The van der Waals surface area contributed by atoms with Gasteiger partial charge in [-0.25, -0.2) is 18.1 Å². The van der Waals surface area contributed by atoms with Crippen LogP contribution in [0.25, 0.3) is 22.2 Å². The summed E-state index contributed by atoms with van der Waals surface area (Å²) in [5.74, 6) is 0.415. The molecule has 8 nitrogen and oxygen atoms in total. The normalized spacial score (nSPS) is 20.2. The molecule has 188 valence electrons. The summed E-state index contributed by atoms with van der Waals surface area (Å²) in [6.45, 7) is 2.73. The second-order valence-electron chi connectivity index (χ2n) is 9.79.